The van der Waals surface area contributed by atoms with Gasteiger partial charge in [0.15, 0.2) is 0 Å². The molecule has 23 heavy (non-hydrogen) atoms. The van der Waals surface area contributed by atoms with Crippen molar-refractivity contribution in [3.63, 3.8) is 0 Å². The summed E-state index contributed by atoms with van der Waals surface area (Å²) in [6.45, 7) is 0.534. The highest BCUT2D eigenvalue weighted by Crippen LogP contribution is 2.33. The maximum atomic E-state index is 11.8. The fourth-order valence-corrected chi connectivity index (χ4v) is 4.61. The number of unbranched alkanes of at least 4 members (excludes halogenated alkanes) is 1. The van der Waals surface area contributed by atoms with Crippen molar-refractivity contribution in [3.05, 3.63) is 30.1 Å². The average Bonchev–Trinajstić information content (AvgIpc) is 3.10. The number of amides is 3. The lowest BCUT2D eigenvalue weighted by Gasteiger charge is -2.16. The lowest BCUT2D eigenvalue weighted by Crippen LogP contribution is -2.36. The topological polar surface area (TPSA) is 83.1 Å². The van der Waals surface area contributed by atoms with Crippen LogP contribution in [0.4, 0.5) is 4.79 Å². The third kappa shape index (κ3) is 4.37. The SMILES string of the molecule is O=C(CCCCC1SCC2NC(=O)NC21)NCc1cccnc1. The van der Waals surface area contributed by atoms with Crippen LogP contribution in [0.15, 0.2) is 24.5 Å². The van der Waals surface area contributed by atoms with Gasteiger partial charge < -0.3 is 16.0 Å². The number of hydrogen-bond donors (Lipinski definition) is 3. The molecule has 124 valence electrons. The van der Waals surface area contributed by atoms with Crippen LogP contribution in [-0.4, -0.2) is 40.0 Å². The Kier molecular flexibility index (Phi) is 5.38. The third-order valence-electron chi connectivity index (χ3n) is 4.29. The van der Waals surface area contributed by atoms with E-state index in [2.05, 4.69) is 20.9 Å². The predicted octanol–water partition coefficient (Wildman–Crippen LogP) is 1.42. The first kappa shape index (κ1) is 16.1. The number of thioether (sulfide) groups is 1. The number of rotatable bonds is 7. The van der Waals surface area contributed by atoms with Crippen LogP contribution >= 0.6 is 11.8 Å². The van der Waals surface area contributed by atoms with Crippen molar-refractivity contribution in [2.75, 3.05) is 5.75 Å². The van der Waals surface area contributed by atoms with Crippen molar-refractivity contribution in [3.8, 4) is 0 Å². The number of carbonyl (C=O) groups excluding carboxylic acids is 2. The van der Waals surface area contributed by atoms with Gasteiger partial charge in [0.1, 0.15) is 0 Å². The second-order valence-electron chi connectivity index (χ2n) is 6.01. The van der Waals surface area contributed by atoms with Crippen LogP contribution in [0.1, 0.15) is 31.2 Å². The van der Waals surface area contributed by atoms with Gasteiger partial charge in [-0.15, -0.1) is 0 Å². The summed E-state index contributed by atoms with van der Waals surface area (Å²) < 4.78 is 0. The number of urea groups is 1. The fourth-order valence-electron chi connectivity index (χ4n) is 3.07. The zero-order valence-corrected chi connectivity index (χ0v) is 13.8. The van der Waals surface area contributed by atoms with E-state index in [4.69, 9.17) is 0 Å². The van der Waals surface area contributed by atoms with E-state index in [9.17, 15) is 9.59 Å². The largest absolute Gasteiger partial charge is 0.352 e. The van der Waals surface area contributed by atoms with E-state index in [1.54, 1.807) is 12.4 Å². The first-order chi connectivity index (χ1) is 11.2. The zero-order valence-electron chi connectivity index (χ0n) is 13.0. The van der Waals surface area contributed by atoms with Gasteiger partial charge in [-0.3, -0.25) is 9.78 Å². The molecule has 0 aromatic carbocycles. The number of pyridine rings is 1. The molecule has 3 heterocycles. The summed E-state index contributed by atoms with van der Waals surface area (Å²) in [5, 5.41) is 9.33. The maximum absolute atomic E-state index is 11.8. The summed E-state index contributed by atoms with van der Waals surface area (Å²) >= 11 is 1.92. The molecular formula is C16H22N4O2S. The molecule has 0 spiro atoms. The summed E-state index contributed by atoms with van der Waals surface area (Å²) in [6.07, 6.45) is 6.98. The van der Waals surface area contributed by atoms with Gasteiger partial charge in [-0.1, -0.05) is 12.5 Å². The van der Waals surface area contributed by atoms with E-state index in [0.29, 0.717) is 18.2 Å². The molecule has 3 N–H and O–H groups in total. The summed E-state index contributed by atoms with van der Waals surface area (Å²) in [5.41, 5.74) is 1.01. The monoisotopic (exact) mass is 334 g/mol. The molecule has 7 heteroatoms. The van der Waals surface area contributed by atoms with Gasteiger partial charge >= 0.3 is 6.03 Å². The highest BCUT2D eigenvalue weighted by molar-refractivity contribution is 8.00. The quantitative estimate of drug-likeness (QED) is 0.520. The van der Waals surface area contributed by atoms with Crippen LogP contribution in [0.3, 0.4) is 0 Å². The van der Waals surface area contributed by atoms with E-state index in [1.165, 1.54) is 0 Å². The minimum absolute atomic E-state index is 0.0416. The molecule has 3 rings (SSSR count). The highest BCUT2D eigenvalue weighted by Gasteiger charge is 2.42. The Balaban J connectivity index is 1.29. The van der Waals surface area contributed by atoms with Gasteiger partial charge in [0.25, 0.3) is 0 Å². The van der Waals surface area contributed by atoms with Crippen molar-refractivity contribution in [2.45, 2.75) is 49.6 Å². The molecule has 0 radical (unpaired) electrons. The maximum Gasteiger partial charge on any atom is 0.315 e. The van der Waals surface area contributed by atoms with Gasteiger partial charge in [0.2, 0.25) is 5.91 Å². The Labute approximate surface area is 140 Å². The Hall–Kier alpha value is -1.76. The lowest BCUT2D eigenvalue weighted by atomic mass is 10.0. The zero-order chi connectivity index (χ0) is 16.1. The molecule has 2 fully saturated rings. The van der Waals surface area contributed by atoms with Crippen LogP contribution < -0.4 is 16.0 Å². The van der Waals surface area contributed by atoms with Crippen molar-refractivity contribution < 1.29 is 9.59 Å². The predicted molar refractivity (Wildman–Crippen MR) is 90.0 cm³/mol. The van der Waals surface area contributed by atoms with Crippen LogP contribution in [0.25, 0.3) is 0 Å². The molecule has 0 aliphatic carbocycles. The third-order valence-corrected chi connectivity index (χ3v) is 5.80. The molecule has 3 atom stereocenters. The summed E-state index contributed by atoms with van der Waals surface area (Å²) in [6, 6.07) is 4.31. The van der Waals surface area contributed by atoms with E-state index in [0.717, 1.165) is 30.6 Å². The molecule has 1 aromatic heterocycles. The Morgan fingerprint density at radius 2 is 2.30 bits per heavy atom. The van der Waals surface area contributed by atoms with Gasteiger partial charge in [0, 0.05) is 36.4 Å². The van der Waals surface area contributed by atoms with Crippen LogP contribution in [0.5, 0.6) is 0 Å². The molecular weight excluding hydrogens is 312 g/mol. The minimum Gasteiger partial charge on any atom is -0.352 e. The number of carbonyl (C=O) groups is 2. The van der Waals surface area contributed by atoms with Crippen LogP contribution in [0.2, 0.25) is 0 Å². The fraction of sp³-hybridized carbons (Fsp3) is 0.562. The molecule has 0 saturated carbocycles. The molecule has 0 bridgehead atoms. The van der Waals surface area contributed by atoms with Gasteiger partial charge in [-0.05, 0) is 24.5 Å². The smallest absolute Gasteiger partial charge is 0.315 e. The first-order valence-electron chi connectivity index (χ1n) is 8.06. The van der Waals surface area contributed by atoms with Crippen molar-refractivity contribution >= 4 is 23.7 Å². The second-order valence-corrected chi connectivity index (χ2v) is 7.28. The highest BCUT2D eigenvalue weighted by atomic mass is 32.2. The van der Waals surface area contributed by atoms with Gasteiger partial charge in [0.05, 0.1) is 12.1 Å². The summed E-state index contributed by atoms with van der Waals surface area (Å²) in [5.74, 6) is 1.07. The normalized spacial score (nSPS) is 25.6. The Morgan fingerprint density at radius 3 is 3.13 bits per heavy atom. The molecule has 2 aliphatic rings. The summed E-state index contributed by atoms with van der Waals surface area (Å²) in [4.78, 5) is 27.2. The van der Waals surface area contributed by atoms with Crippen LogP contribution in [0, 0.1) is 0 Å². The lowest BCUT2D eigenvalue weighted by molar-refractivity contribution is -0.121. The van der Waals surface area contributed by atoms with E-state index < -0.39 is 0 Å². The van der Waals surface area contributed by atoms with Crippen molar-refractivity contribution in [1.82, 2.24) is 20.9 Å². The summed E-state index contributed by atoms with van der Waals surface area (Å²) in [7, 11) is 0. The molecule has 2 saturated heterocycles. The Bertz CT molecular complexity index is 554. The molecule has 1 aromatic rings. The number of nitrogens with zero attached hydrogens (tertiary/aromatic N) is 1. The van der Waals surface area contributed by atoms with Crippen molar-refractivity contribution in [2.24, 2.45) is 0 Å². The Morgan fingerprint density at radius 1 is 1.39 bits per heavy atom. The number of nitrogens with one attached hydrogen (secondary N) is 3. The van der Waals surface area contributed by atoms with E-state index in [1.807, 2.05) is 23.9 Å². The number of aromatic nitrogens is 1. The van der Waals surface area contributed by atoms with Crippen molar-refractivity contribution in [1.29, 1.82) is 0 Å². The number of fused-ring (bicyclic) bond motifs is 1. The molecule has 3 unspecified atom stereocenters. The minimum atomic E-state index is -0.0416. The van der Waals surface area contributed by atoms with E-state index in [-0.39, 0.29) is 24.0 Å². The van der Waals surface area contributed by atoms with Crippen LogP contribution in [-0.2, 0) is 11.3 Å². The standard InChI is InChI=1S/C16H22N4O2S/c21-14(18-9-11-4-3-7-17-8-11)6-2-1-5-13-15-12(10-23-13)19-16(22)20-15/h3-4,7-8,12-13,15H,1-2,5-6,9-10H2,(H,18,21)(H2,19,20,22). The second kappa shape index (κ2) is 7.68. The van der Waals surface area contributed by atoms with E-state index >= 15 is 0 Å². The average molecular weight is 334 g/mol. The first-order valence-corrected chi connectivity index (χ1v) is 9.11. The van der Waals surface area contributed by atoms with Gasteiger partial charge in [-0.25, -0.2) is 4.79 Å². The molecule has 6 nitrogen and oxygen atoms in total. The molecule has 3 amide bonds. The molecule has 2 aliphatic heterocycles. The van der Waals surface area contributed by atoms with Gasteiger partial charge in [-0.2, -0.15) is 11.8 Å². The number of hydrogen-bond acceptors (Lipinski definition) is 4.